The molecule has 3 heterocycles. The number of hydrogen-bond donors (Lipinski definition) is 0. The van der Waals surface area contributed by atoms with E-state index in [2.05, 4.69) is 6.07 Å². The SMILES string of the molecule is O=C(CCC(=O)N1CCCC1c1nc2ccccc2s1)N1CCOCC1. The number of fused-ring (bicyclic) bond motifs is 1. The first-order valence-corrected chi connectivity index (χ1v) is 10.0. The Morgan fingerprint density at radius 3 is 2.69 bits per heavy atom. The summed E-state index contributed by atoms with van der Waals surface area (Å²) in [6, 6.07) is 8.13. The molecule has 1 atom stereocenters. The summed E-state index contributed by atoms with van der Waals surface area (Å²) in [7, 11) is 0. The molecule has 0 radical (unpaired) electrons. The zero-order chi connectivity index (χ0) is 17.9. The second-order valence-electron chi connectivity index (χ2n) is 6.76. The molecule has 4 rings (SSSR count). The Bertz CT molecular complexity index is 767. The third kappa shape index (κ3) is 3.59. The first kappa shape index (κ1) is 17.4. The predicted octanol–water partition coefficient (Wildman–Crippen LogP) is 2.60. The van der Waals surface area contributed by atoms with Crippen molar-refractivity contribution in [3.63, 3.8) is 0 Å². The highest BCUT2D eigenvalue weighted by atomic mass is 32.1. The minimum absolute atomic E-state index is 0.0531. The van der Waals surface area contributed by atoms with Gasteiger partial charge in [-0.1, -0.05) is 12.1 Å². The number of carbonyl (C=O) groups is 2. The van der Waals surface area contributed by atoms with Crippen molar-refractivity contribution in [3.05, 3.63) is 29.3 Å². The van der Waals surface area contributed by atoms with Crippen molar-refractivity contribution in [2.24, 2.45) is 0 Å². The lowest BCUT2D eigenvalue weighted by atomic mass is 10.2. The van der Waals surface area contributed by atoms with Crippen molar-refractivity contribution < 1.29 is 14.3 Å². The predicted molar refractivity (Wildman–Crippen MR) is 99.9 cm³/mol. The van der Waals surface area contributed by atoms with Crippen LogP contribution in [0.4, 0.5) is 0 Å². The minimum atomic E-state index is 0.0531. The van der Waals surface area contributed by atoms with Gasteiger partial charge >= 0.3 is 0 Å². The standard InChI is InChI=1S/C19H23N3O3S/c23-17(21-10-12-25-13-11-21)7-8-18(24)22-9-3-5-15(22)19-20-14-4-1-2-6-16(14)26-19/h1-2,4,6,15H,3,5,7-13H2. The lowest BCUT2D eigenvalue weighted by Gasteiger charge is -2.27. The van der Waals surface area contributed by atoms with Gasteiger partial charge in [0.1, 0.15) is 5.01 Å². The molecular formula is C19H23N3O3S. The number of para-hydroxylation sites is 1. The molecule has 1 aromatic heterocycles. The van der Waals surface area contributed by atoms with Crippen LogP contribution < -0.4 is 0 Å². The quantitative estimate of drug-likeness (QED) is 0.826. The third-order valence-electron chi connectivity index (χ3n) is 5.09. The maximum Gasteiger partial charge on any atom is 0.223 e. The van der Waals surface area contributed by atoms with E-state index in [-0.39, 0.29) is 30.7 Å². The van der Waals surface area contributed by atoms with Crippen LogP contribution in [0.3, 0.4) is 0 Å². The molecule has 6 nitrogen and oxygen atoms in total. The summed E-state index contributed by atoms with van der Waals surface area (Å²) in [5.41, 5.74) is 0.995. The summed E-state index contributed by atoms with van der Waals surface area (Å²) >= 11 is 1.67. The number of likely N-dealkylation sites (tertiary alicyclic amines) is 1. The van der Waals surface area contributed by atoms with Crippen molar-refractivity contribution in [2.75, 3.05) is 32.8 Å². The molecule has 1 aromatic carbocycles. The highest BCUT2D eigenvalue weighted by Crippen LogP contribution is 2.36. The number of hydrogen-bond acceptors (Lipinski definition) is 5. The molecule has 1 unspecified atom stereocenters. The van der Waals surface area contributed by atoms with Crippen LogP contribution in [0.5, 0.6) is 0 Å². The van der Waals surface area contributed by atoms with Crippen molar-refractivity contribution in [1.29, 1.82) is 0 Å². The Morgan fingerprint density at radius 2 is 1.88 bits per heavy atom. The summed E-state index contributed by atoms with van der Waals surface area (Å²) in [6.45, 7) is 3.19. The van der Waals surface area contributed by atoms with E-state index in [4.69, 9.17) is 9.72 Å². The normalized spacial score (nSPS) is 20.7. The largest absolute Gasteiger partial charge is 0.378 e. The topological polar surface area (TPSA) is 62.7 Å². The molecule has 138 valence electrons. The van der Waals surface area contributed by atoms with Gasteiger partial charge in [0.2, 0.25) is 11.8 Å². The summed E-state index contributed by atoms with van der Waals surface area (Å²) < 4.78 is 6.43. The van der Waals surface area contributed by atoms with Crippen molar-refractivity contribution in [3.8, 4) is 0 Å². The van der Waals surface area contributed by atoms with Crippen molar-refractivity contribution >= 4 is 33.4 Å². The zero-order valence-corrected chi connectivity index (χ0v) is 15.5. The molecule has 0 aliphatic carbocycles. The number of morpholine rings is 1. The number of nitrogens with zero attached hydrogens (tertiary/aromatic N) is 3. The van der Waals surface area contributed by atoms with Gasteiger partial charge in [0.25, 0.3) is 0 Å². The molecule has 2 saturated heterocycles. The lowest BCUT2D eigenvalue weighted by Crippen LogP contribution is -2.41. The van der Waals surface area contributed by atoms with Gasteiger partial charge < -0.3 is 14.5 Å². The second kappa shape index (κ2) is 7.72. The monoisotopic (exact) mass is 373 g/mol. The molecule has 7 heteroatoms. The molecule has 0 bridgehead atoms. The number of aromatic nitrogens is 1. The van der Waals surface area contributed by atoms with Gasteiger partial charge in [-0.15, -0.1) is 11.3 Å². The molecular weight excluding hydrogens is 350 g/mol. The fourth-order valence-corrected chi connectivity index (χ4v) is 4.80. The second-order valence-corrected chi connectivity index (χ2v) is 7.82. The Hall–Kier alpha value is -1.99. The van der Waals surface area contributed by atoms with Crippen LogP contribution in [-0.2, 0) is 14.3 Å². The molecule has 0 saturated carbocycles. The van der Waals surface area contributed by atoms with E-state index < -0.39 is 0 Å². The summed E-state index contributed by atoms with van der Waals surface area (Å²) in [5, 5.41) is 1.01. The van der Waals surface area contributed by atoms with Crippen LogP contribution >= 0.6 is 11.3 Å². The first-order chi connectivity index (χ1) is 12.7. The van der Waals surface area contributed by atoms with Crippen LogP contribution in [0.2, 0.25) is 0 Å². The average Bonchev–Trinajstić information content (AvgIpc) is 3.32. The van der Waals surface area contributed by atoms with Gasteiger partial charge in [-0.05, 0) is 25.0 Å². The third-order valence-corrected chi connectivity index (χ3v) is 6.22. The van der Waals surface area contributed by atoms with Crippen LogP contribution in [-0.4, -0.2) is 59.4 Å². The van der Waals surface area contributed by atoms with Gasteiger partial charge in [-0.2, -0.15) is 0 Å². The highest BCUT2D eigenvalue weighted by Gasteiger charge is 2.32. The lowest BCUT2D eigenvalue weighted by molar-refractivity contribution is -0.139. The van der Waals surface area contributed by atoms with Gasteiger partial charge in [-0.25, -0.2) is 4.98 Å². The van der Waals surface area contributed by atoms with E-state index in [0.717, 1.165) is 34.6 Å². The molecule has 2 fully saturated rings. The average molecular weight is 373 g/mol. The molecule has 2 aromatic rings. The van der Waals surface area contributed by atoms with Crippen LogP contribution in [0, 0.1) is 0 Å². The number of ether oxygens (including phenoxy) is 1. The Balaban J connectivity index is 1.39. The van der Waals surface area contributed by atoms with Crippen LogP contribution in [0.1, 0.15) is 36.7 Å². The van der Waals surface area contributed by atoms with Crippen molar-refractivity contribution in [2.45, 2.75) is 31.7 Å². The van der Waals surface area contributed by atoms with E-state index >= 15 is 0 Å². The molecule has 2 aliphatic rings. The van der Waals surface area contributed by atoms with E-state index in [1.807, 2.05) is 23.1 Å². The van der Waals surface area contributed by atoms with E-state index in [1.54, 1.807) is 16.2 Å². The zero-order valence-electron chi connectivity index (χ0n) is 14.7. The molecule has 26 heavy (non-hydrogen) atoms. The Labute approximate surface area is 156 Å². The summed E-state index contributed by atoms with van der Waals surface area (Å²) in [4.78, 5) is 33.5. The first-order valence-electron chi connectivity index (χ1n) is 9.23. The number of thiazole rings is 1. The number of amides is 2. The summed E-state index contributed by atoms with van der Waals surface area (Å²) in [5.74, 6) is 0.116. The molecule has 0 N–H and O–H groups in total. The molecule has 2 amide bonds. The van der Waals surface area contributed by atoms with Crippen LogP contribution in [0.25, 0.3) is 10.2 Å². The maximum absolute atomic E-state index is 12.7. The number of benzene rings is 1. The van der Waals surface area contributed by atoms with Gasteiger partial charge in [0.05, 0.1) is 29.5 Å². The minimum Gasteiger partial charge on any atom is -0.378 e. The summed E-state index contributed by atoms with van der Waals surface area (Å²) in [6.07, 6.45) is 2.49. The number of carbonyl (C=O) groups excluding carboxylic acids is 2. The van der Waals surface area contributed by atoms with Gasteiger partial charge in [0, 0.05) is 32.5 Å². The van der Waals surface area contributed by atoms with Crippen molar-refractivity contribution in [1.82, 2.24) is 14.8 Å². The number of rotatable bonds is 4. The van der Waals surface area contributed by atoms with E-state index in [9.17, 15) is 9.59 Å². The Morgan fingerprint density at radius 1 is 1.12 bits per heavy atom. The smallest absolute Gasteiger partial charge is 0.223 e. The van der Waals surface area contributed by atoms with Gasteiger partial charge in [-0.3, -0.25) is 9.59 Å². The van der Waals surface area contributed by atoms with E-state index in [1.165, 1.54) is 0 Å². The molecule has 0 spiro atoms. The molecule has 2 aliphatic heterocycles. The van der Waals surface area contributed by atoms with E-state index in [0.29, 0.717) is 26.3 Å². The highest BCUT2D eigenvalue weighted by molar-refractivity contribution is 7.18. The Kier molecular flexibility index (Phi) is 5.17. The fourth-order valence-electron chi connectivity index (χ4n) is 3.68. The fraction of sp³-hybridized carbons (Fsp3) is 0.526. The maximum atomic E-state index is 12.7. The van der Waals surface area contributed by atoms with Crippen LogP contribution in [0.15, 0.2) is 24.3 Å². The van der Waals surface area contributed by atoms with Gasteiger partial charge in [0.15, 0.2) is 0 Å².